The van der Waals surface area contributed by atoms with E-state index < -0.39 is 42.6 Å². The van der Waals surface area contributed by atoms with Gasteiger partial charge in [0.05, 0.1) is 0 Å². The maximum atomic E-state index is 11.2. The highest BCUT2D eigenvalue weighted by Gasteiger charge is 2.49. The second kappa shape index (κ2) is 8.28. The van der Waals surface area contributed by atoms with Crippen LogP contribution in [0.1, 0.15) is 13.8 Å². The third-order valence-corrected chi connectivity index (χ3v) is 3.12. The first-order chi connectivity index (χ1) is 9.94. The predicted molar refractivity (Wildman–Crippen MR) is 69.5 cm³/mol. The highest BCUT2D eigenvalue weighted by atomic mass is 16.7. The van der Waals surface area contributed by atoms with Crippen LogP contribution in [-0.2, 0) is 38.0 Å². The lowest BCUT2D eigenvalue weighted by Gasteiger charge is -2.43. The molecule has 0 unspecified atom stereocenters. The first-order valence-corrected chi connectivity index (χ1v) is 6.49. The van der Waals surface area contributed by atoms with E-state index >= 15 is 0 Å². The van der Waals surface area contributed by atoms with Gasteiger partial charge in [0.25, 0.3) is 0 Å². The van der Waals surface area contributed by atoms with Crippen molar-refractivity contribution in [2.75, 3.05) is 27.9 Å². The molecule has 1 heterocycles. The van der Waals surface area contributed by atoms with E-state index in [9.17, 15) is 9.59 Å². The fraction of sp³-hybridized carbons (Fsp3) is 0.846. The molecule has 1 fully saturated rings. The van der Waals surface area contributed by atoms with Gasteiger partial charge in [-0.2, -0.15) is 0 Å². The quantitative estimate of drug-likeness (QED) is 0.628. The summed E-state index contributed by atoms with van der Waals surface area (Å²) in [5, 5.41) is 0. The van der Waals surface area contributed by atoms with Crippen molar-refractivity contribution < 1.29 is 38.0 Å². The third kappa shape index (κ3) is 4.63. The van der Waals surface area contributed by atoms with Crippen LogP contribution in [0, 0.1) is 0 Å². The summed E-state index contributed by atoms with van der Waals surface area (Å²) in [6, 6.07) is 0. The van der Waals surface area contributed by atoms with E-state index in [1.54, 1.807) is 0 Å². The van der Waals surface area contributed by atoms with E-state index in [-0.39, 0.29) is 6.61 Å². The largest absolute Gasteiger partial charge is 0.463 e. The molecule has 1 aliphatic rings. The predicted octanol–water partition coefficient (Wildman–Crippen LogP) is -0.117. The molecule has 8 heteroatoms. The molecule has 0 radical (unpaired) electrons. The summed E-state index contributed by atoms with van der Waals surface area (Å²) in [4.78, 5) is 22.2. The Labute approximate surface area is 123 Å². The Balaban J connectivity index is 2.91. The lowest BCUT2D eigenvalue weighted by atomic mass is 9.98. The van der Waals surface area contributed by atoms with E-state index in [0.29, 0.717) is 0 Å². The molecule has 1 aliphatic heterocycles. The number of carbonyl (C=O) groups is 2. The van der Waals surface area contributed by atoms with E-state index in [0.717, 1.165) is 0 Å². The third-order valence-electron chi connectivity index (χ3n) is 3.12. The summed E-state index contributed by atoms with van der Waals surface area (Å²) in [7, 11) is 4.36. The molecule has 5 atom stereocenters. The van der Waals surface area contributed by atoms with Crippen LogP contribution < -0.4 is 0 Å². The van der Waals surface area contributed by atoms with Gasteiger partial charge in [0.1, 0.15) is 24.9 Å². The highest BCUT2D eigenvalue weighted by Crippen LogP contribution is 2.28. The van der Waals surface area contributed by atoms with Gasteiger partial charge in [-0.15, -0.1) is 0 Å². The van der Waals surface area contributed by atoms with Gasteiger partial charge in [0.2, 0.25) is 0 Å². The molecular formula is C13H22O8. The fourth-order valence-electron chi connectivity index (χ4n) is 2.27. The molecule has 122 valence electrons. The van der Waals surface area contributed by atoms with Crippen molar-refractivity contribution in [2.45, 2.75) is 44.6 Å². The molecule has 8 nitrogen and oxygen atoms in total. The van der Waals surface area contributed by atoms with Crippen molar-refractivity contribution in [3.63, 3.8) is 0 Å². The summed E-state index contributed by atoms with van der Waals surface area (Å²) in [5.74, 6) is -0.917. The van der Waals surface area contributed by atoms with Gasteiger partial charge in [-0.25, -0.2) is 0 Å². The molecule has 0 amide bonds. The Hall–Kier alpha value is -1.22. The lowest BCUT2D eigenvalue weighted by molar-refractivity contribution is -0.305. The zero-order valence-electron chi connectivity index (χ0n) is 12.9. The normalized spacial score (nSPS) is 32.5. The number of hydrogen-bond donors (Lipinski definition) is 0. The molecule has 0 aromatic rings. The molecule has 0 saturated carbocycles. The highest BCUT2D eigenvalue weighted by molar-refractivity contribution is 5.66. The van der Waals surface area contributed by atoms with Gasteiger partial charge in [-0.1, -0.05) is 0 Å². The number of carbonyl (C=O) groups excluding carboxylic acids is 2. The monoisotopic (exact) mass is 306 g/mol. The maximum absolute atomic E-state index is 11.2. The second-order valence-electron chi connectivity index (χ2n) is 4.56. The van der Waals surface area contributed by atoms with Gasteiger partial charge in [0.15, 0.2) is 12.4 Å². The minimum atomic E-state index is -0.842. The molecule has 21 heavy (non-hydrogen) atoms. The van der Waals surface area contributed by atoms with Crippen LogP contribution in [0.5, 0.6) is 0 Å². The Morgan fingerprint density at radius 2 is 1.52 bits per heavy atom. The van der Waals surface area contributed by atoms with Gasteiger partial charge >= 0.3 is 11.9 Å². The molecule has 0 aromatic heterocycles. The first kappa shape index (κ1) is 17.8. The number of rotatable bonds is 6. The molecule has 0 spiro atoms. The standard InChI is InChI=1S/C13H22O8/c1-7(14)19-6-9-10(16-3)11(17-4)12(20-8(2)15)13(18-5)21-9/h9-13H,6H2,1-5H3/t9-,10-,11+,12+,13+/m1/s1. The van der Waals surface area contributed by atoms with Crippen molar-refractivity contribution in [3.8, 4) is 0 Å². The van der Waals surface area contributed by atoms with Gasteiger partial charge in [-0.05, 0) is 0 Å². The van der Waals surface area contributed by atoms with E-state index in [2.05, 4.69) is 0 Å². The summed E-state index contributed by atoms with van der Waals surface area (Å²) in [6.45, 7) is 2.57. The molecule has 1 rings (SSSR count). The van der Waals surface area contributed by atoms with Crippen molar-refractivity contribution >= 4 is 11.9 Å². The molecule has 1 saturated heterocycles. The average molecular weight is 306 g/mol. The number of esters is 2. The van der Waals surface area contributed by atoms with Crippen molar-refractivity contribution in [1.82, 2.24) is 0 Å². The summed E-state index contributed by atoms with van der Waals surface area (Å²) in [6.07, 6.45) is -3.41. The molecule has 0 aromatic carbocycles. The number of ether oxygens (including phenoxy) is 6. The van der Waals surface area contributed by atoms with E-state index in [1.807, 2.05) is 0 Å². The number of methoxy groups -OCH3 is 3. The van der Waals surface area contributed by atoms with Gasteiger partial charge in [-0.3, -0.25) is 9.59 Å². The van der Waals surface area contributed by atoms with Crippen molar-refractivity contribution in [2.24, 2.45) is 0 Å². The van der Waals surface area contributed by atoms with Crippen LogP contribution in [0.2, 0.25) is 0 Å². The minimum absolute atomic E-state index is 0.0135. The SMILES string of the molecule is CO[C@H]1O[C@H](COC(C)=O)[C@@H](OC)[C@H](OC)[C@@H]1OC(C)=O. The van der Waals surface area contributed by atoms with Crippen molar-refractivity contribution in [3.05, 3.63) is 0 Å². The van der Waals surface area contributed by atoms with Crippen LogP contribution in [0.3, 0.4) is 0 Å². The smallest absolute Gasteiger partial charge is 0.303 e. The number of hydrogen-bond acceptors (Lipinski definition) is 8. The van der Waals surface area contributed by atoms with Crippen LogP contribution >= 0.6 is 0 Å². The maximum Gasteiger partial charge on any atom is 0.303 e. The van der Waals surface area contributed by atoms with Crippen LogP contribution in [0.4, 0.5) is 0 Å². The summed E-state index contributed by atoms with van der Waals surface area (Å²) >= 11 is 0. The zero-order chi connectivity index (χ0) is 16.0. The average Bonchev–Trinajstić information content (AvgIpc) is 2.44. The van der Waals surface area contributed by atoms with Gasteiger partial charge in [0, 0.05) is 35.2 Å². The van der Waals surface area contributed by atoms with Crippen LogP contribution in [0.25, 0.3) is 0 Å². The Kier molecular flexibility index (Phi) is 7.03. The summed E-state index contributed by atoms with van der Waals surface area (Å²) < 4.78 is 31.7. The second-order valence-corrected chi connectivity index (χ2v) is 4.56. The first-order valence-electron chi connectivity index (χ1n) is 6.49. The molecule has 0 N–H and O–H groups in total. The zero-order valence-corrected chi connectivity index (χ0v) is 12.9. The lowest BCUT2D eigenvalue weighted by Crippen LogP contribution is -2.61. The van der Waals surface area contributed by atoms with Crippen LogP contribution in [0.15, 0.2) is 0 Å². The van der Waals surface area contributed by atoms with Crippen LogP contribution in [-0.4, -0.2) is 70.6 Å². The Morgan fingerprint density at radius 1 is 0.905 bits per heavy atom. The Bertz CT molecular complexity index is 358. The van der Waals surface area contributed by atoms with Crippen molar-refractivity contribution in [1.29, 1.82) is 0 Å². The summed E-state index contributed by atoms with van der Waals surface area (Å²) in [5.41, 5.74) is 0. The molecule has 0 aliphatic carbocycles. The Morgan fingerprint density at radius 3 is 1.95 bits per heavy atom. The minimum Gasteiger partial charge on any atom is -0.463 e. The van der Waals surface area contributed by atoms with E-state index in [4.69, 9.17) is 28.4 Å². The molecular weight excluding hydrogens is 284 g/mol. The van der Waals surface area contributed by atoms with E-state index in [1.165, 1.54) is 35.2 Å². The molecule has 0 bridgehead atoms. The topological polar surface area (TPSA) is 89.5 Å². The fourth-order valence-corrected chi connectivity index (χ4v) is 2.27. The van der Waals surface area contributed by atoms with Gasteiger partial charge < -0.3 is 28.4 Å².